The molecule has 1 aliphatic heterocycles. The summed E-state index contributed by atoms with van der Waals surface area (Å²) in [5.41, 5.74) is 5.10. The van der Waals surface area contributed by atoms with Crippen molar-refractivity contribution in [2.75, 3.05) is 5.32 Å². The predicted octanol–water partition coefficient (Wildman–Crippen LogP) is 5.82. The molecule has 2 heterocycles. The van der Waals surface area contributed by atoms with Gasteiger partial charge in [0.15, 0.2) is 0 Å². The summed E-state index contributed by atoms with van der Waals surface area (Å²) >= 11 is 3.63. The first-order valence-corrected chi connectivity index (χ1v) is 9.11. The van der Waals surface area contributed by atoms with Crippen molar-refractivity contribution in [3.8, 4) is 0 Å². The monoisotopic (exact) mass is 380 g/mol. The summed E-state index contributed by atoms with van der Waals surface area (Å²) in [6.45, 7) is 6.87. The van der Waals surface area contributed by atoms with Crippen molar-refractivity contribution >= 4 is 21.7 Å². The van der Waals surface area contributed by atoms with Crippen LogP contribution in [0.15, 0.2) is 70.5 Å². The standard InChI is InChI=1S/C21H21BrN2/c1-20(2)10-9-16-18(13-20)24-19-17(8-5-11-23-19)21(16,3)14-6-4-7-15(22)12-14/h4-12H,13H2,1-3H3,(H,23,24). The topological polar surface area (TPSA) is 24.9 Å². The summed E-state index contributed by atoms with van der Waals surface area (Å²) in [4.78, 5) is 4.62. The molecule has 0 amide bonds. The van der Waals surface area contributed by atoms with E-state index >= 15 is 0 Å². The first-order chi connectivity index (χ1) is 11.4. The van der Waals surface area contributed by atoms with Crippen molar-refractivity contribution in [3.63, 3.8) is 0 Å². The Labute approximate surface area is 151 Å². The Hall–Kier alpha value is -1.87. The van der Waals surface area contributed by atoms with Crippen molar-refractivity contribution in [2.45, 2.75) is 32.6 Å². The average Bonchev–Trinajstić information content (AvgIpc) is 2.54. The third-order valence-corrected chi connectivity index (χ3v) is 5.71. The number of benzene rings is 1. The lowest BCUT2D eigenvalue weighted by atomic mass is 9.65. The zero-order valence-corrected chi connectivity index (χ0v) is 15.8. The van der Waals surface area contributed by atoms with Crippen LogP contribution in [0.4, 0.5) is 5.82 Å². The minimum absolute atomic E-state index is 0.163. The van der Waals surface area contributed by atoms with E-state index in [4.69, 9.17) is 0 Å². The number of anilines is 1. The minimum atomic E-state index is -0.207. The van der Waals surface area contributed by atoms with Crippen LogP contribution in [0.25, 0.3) is 0 Å². The smallest absolute Gasteiger partial charge is 0.134 e. The third kappa shape index (κ3) is 2.34. The van der Waals surface area contributed by atoms with E-state index in [1.54, 1.807) is 0 Å². The maximum absolute atomic E-state index is 4.62. The molecule has 24 heavy (non-hydrogen) atoms. The average molecular weight is 381 g/mol. The molecule has 2 aliphatic rings. The van der Waals surface area contributed by atoms with Gasteiger partial charge in [0.2, 0.25) is 0 Å². The number of pyridine rings is 1. The molecule has 1 N–H and O–H groups in total. The summed E-state index contributed by atoms with van der Waals surface area (Å²) < 4.78 is 1.10. The van der Waals surface area contributed by atoms with Gasteiger partial charge in [0.1, 0.15) is 5.82 Å². The van der Waals surface area contributed by atoms with Gasteiger partial charge in [0.25, 0.3) is 0 Å². The Bertz CT molecular complexity index is 879. The van der Waals surface area contributed by atoms with E-state index in [1.807, 2.05) is 12.3 Å². The van der Waals surface area contributed by atoms with Gasteiger partial charge in [-0.25, -0.2) is 4.98 Å². The highest BCUT2D eigenvalue weighted by atomic mass is 79.9. The van der Waals surface area contributed by atoms with Gasteiger partial charge in [-0.2, -0.15) is 0 Å². The summed E-state index contributed by atoms with van der Waals surface area (Å²) in [6.07, 6.45) is 7.51. The number of nitrogens with zero attached hydrogens (tertiary/aromatic N) is 1. The molecule has 1 aromatic carbocycles. The molecule has 122 valence electrons. The fourth-order valence-corrected chi connectivity index (χ4v) is 4.31. The second kappa shape index (κ2) is 5.32. The minimum Gasteiger partial charge on any atom is -0.343 e. The largest absolute Gasteiger partial charge is 0.343 e. The van der Waals surface area contributed by atoms with Crippen molar-refractivity contribution in [2.24, 2.45) is 5.41 Å². The maximum atomic E-state index is 4.62. The molecule has 1 unspecified atom stereocenters. The van der Waals surface area contributed by atoms with Crippen molar-refractivity contribution in [3.05, 3.63) is 81.6 Å². The van der Waals surface area contributed by atoms with Gasteiger partial charge < -0.3 is 5.32 Å². The van der Waals surface area contributed by atoms with Gasteiger partial charge in [0, 0.05) is 27.3 Å². The summed E-state index contributed by atoms with van der Waals surface area (Å²) in [5, 5.41) is 3.60. The third-order valence-electron chi connectivity index (χ3n) is 5.22. The molecule has 2 nitrogen and oxygen atoms in total. The van der Waals surface area contributed by atoms with E-state index in [2.05, 4.69) is 89.5 Å². The van der Waals surface area contributed by atoms with Gasteiger partial charge >= 0.3 is 0 Å². The quantitative estimate of drug-likeness (QED) is 0.674. The maximum Gasteiger partial charge on any atom is 0.134 e. The Balaban J connectivity index is 1.99. The summed E-state index contributed by atoms with van der Waals surface area (Å²) in [5.74, 6) is 0.977. The number of allylic oxidation sites excluding steroid dienone is 4. The number of hydrogen-bond donors (Lipinski definition) is 1. The lowest BCUT2D eigenvalue weighted by Crippen LogP contribution is -2.36. The molecule has 0 spiro atoms. The molecule has 2 aromatic rings. The highest BCUT2D eigenvalue weighted by molar-refractivity contribution is 9.10. The normalized spacial score (nSPS) is 24.2. The van der Waals surface area contributed by atoms with Crippen LogP contribution in [-0.4, -0.2) is 4.98 Å². The number of aromatic nitrogens is 1. The van der Waals surface area contributed by atoms with E-state index in [9.17, 15) is 0 Å². The molecule has 0 bridgehead atoms. The molecule has 1 aliphatic carbocycles. The van der Waals surface area contributed by atoms with Crippen molar-refractivity contribution in [1.29, 1.82) is 0 Å². The number of hydrogen-bond acceptors (Lipinski definition) is 2. The number of halogens is 1. The highest BCUT2D eigenvalue weighted by Crippen LogP contribution is 2.50. The molecule has 0 radical (unpaired) electrons. The number of rotatable bonds is 1. The Morgan fingerprint density at radius 2 is 1.96 bits per heavy atom. The van der Waals surface area contributed by atoms with E-state index in [1.165, 1.54) is 22.4 Å². The van der Waals surface area contributed by atoms with E-state index < -0.39 is 0 Å². The van der Waals surface area contributed by atoms with Crippen LogP contribution in [0.5, 0.6) is 0 Å². The van der Waals surface area contributed by atoms with Gasteiger partial charge in [-0.1, -0.05) is 60.1 Å². The SMILES string of the molecule is CC1(C)C=CC2=C(C1)Nc1ncccc1C2(C)c1cccc(Br)c1. The molecule has 4 rings (SSSR count). The number of fused-ring (bicyclic) bond motifs is 1. The second-order valence-electron chi connectivity index (χ2n) is 7.55. The summed E-state index contributed by atoms with van der Waals surface area (Å²) in [6, 6.07) is 12.8. The van der Waals surface area contributed by atoms with Crippen LogP contribution in [0, 0.1) is 5.41 Å². The van der Waals surface area contributed by atoms with Gasteiger partial charge in [-0.15, -0.1) is 0 Å². The molecule has 1 aromatic heterocycles. The molecule has 3 heteroatoms. The molecule has 0 saturated heterocycles. The fraction of sp³-hybridized carbons (Fsp3) is 0.286. The van der Waals surface area contributed by atoms with Crippen LogP contribution in [0.1, 0.15) is 38.3 Å². The Kier molecular flexibility index (Phi) is 3.47. The van der Waals surface area contributed by atoms with Crippen LogP contribution >= 0.6 is 15.9 Å². The molecular weight excluding hydrogens is 360 g/mol. The van der Waals surface area contributed by atoms with E-state index in [-0.39, 0.29) is 10.8 Å². The van der Waals surface area contributed by atoms with E-state index in [0.717, 1.165) is 16.7 Å². The first-order valence-electron chi connectivity index (χ1n) is 8.32. The molecular formula is C21H21BrN2. The lowest BCUT2D eigenvalue weighted by molar-refractivity contribution is 0.458. The fourth-order valence-electron chi connectivity index (χ4n) is 3.91. The predicted molar refractivity (Wildman–Crippen MR) is 103 cm³/mol. The van der Waals surface area contributed by atoms with Crippen LogP contribution in [0.2, 0.25) is 0 Å². The summed E-state index contributed by atoms with van der Waals surface area (Å²) in [7, 11) is 0. The van der Waals surface area contributed by atoms with E-state index in [0.29, 0.717) is 0 Å². The van der Waals surface area contributed by atoms with Crippen molar-refractivity contribution in [1.82, 2.24) is 4.98 Å². The molecule has 1 atom stereocenters. The molecule has 0 saturated carbocycles. The van der Waals surface area contributed by atoms with Crippen molar-refractivity contribution < 1.29 is 0 Å². The Morgan fingerprint density at radius 1 is 1.12 bits per heavy atom. The van der Waals surface area contributed by atoms with Crippen LogP contribution < -0.4 is 5.32 Å². The Morgan fingerprint density at radius 3 is 2.75 bits per heavy atom. The first kappa shape index (κ1) is 15.6. The van der Waals surface area contributed by atoms with Crippen LogP contribution in [-0.2, 0) is 5.41 Å². The number of nitrogens with one attached hydrogen (secondary N) is 1. The van der Waals surface area contributed by atoms with Gasteiger partial charge in [-0.3, -0.25) is 0 Å². The zero-order valence-electron chi connectivity index (χ0n) is 14.2. The second-order valence-corrected chi connectivity index (χ2v) is 8.47. The van der Waals surface area contributed by atoms with Gasteiger partial charge in [0.05, 0.1) is 0 Å². The molecule has 0 fully saturated rings. The highest BCUT2D eigenvalue weighted by Gasteiger charge is 2.42. The van der Waals surface area contributed by atoms with Gasteiger partial charge in [-0.05, 0) is 48.1 Å². The lowest BCUT2D eigenvalue weighted by Gasteiger charge is -2.43. The zero-order chi connectivity index (χ0) is 16.9. The van der Waals surface area contributed by atoms with Crippen LogP contribution in [0.3, 0.4) is 0 Å².